The molecule has 0 radical (unpaired) electrons. The molecule has 2 aromatic heterocycles. The molecule has 2 aromatic carbocycles. The first-order valence-corrected chi connectivity index (χ1v) is 11.7. The number of hydrogen-bond acceptors (Lipinski definition) is 4. The van der Waals surface area contributed by atoms with Crippen molar-refractivity contribution in [2.45, 2.75) is 33.4 Å². The van der Waals surface area contributed by atoms with Gasteiger partial charge in [-0.15, -0.1) is 0 Å². The predicted octanol–water partition coefficient (Wildman–Crippen LogP) is 5.43. The molecular weight excluding hydrogens is 448 g/mol. The second-order valence-electron chi connectivity index (χ2n) is 8.52. The van der Waals surface area contributed by atoms with Gasteiger partial charge in [0.1, 0.15) is 6.54 Å². The molecule has 4 aromatic rings. The molecule has 1 amide bonds. The van der Waals surface area contributed by atoms with Gasteiger partial charge in [0.05, 0.1) is 16.9 Å². The molecule has 6 nitrogen and oxygen atoms in total. The molecule has 0 bridgehead atoms. The number of amides is 1. The average Bonchev–Trinajstić information content (AvgIpc) is 3.22. The highest BCUT2D eigenvalue weighted by molar-refractivity contribution is 6.30. The number of hydrogen-bond donors (Lipinski definition) is 0. The van der Waals surface area contributed by atoms with Crippen molar-refractivity contribution in [1.82, 2.24) is 19.7 Å². The van der Waals surface area contributed by atoms with Gasteiger partial charge >= 0.3 is 0 Å². The van der Waals surface area contributed by atoms with E-state index < -0.39 is 0 Å². The fourth-order valence-corrected chi connectivity index (χ4v) is 4.20. The zero-order valence-electron chi connectivity index (χ0n) is 19.8. The summed E-state index contributed by atoms with van der Waals surface area (Å²) in [7, 11) is 1.67. The molecule has 0 saturated carbocycles. The molecule has 0 aliphatic rings. The minimum absolute atomic E-state index is 0.000232. The van der Waals surface area contributed by atoms with E-state index in [1.165, 1.54) is 0 Å². The molecule has 2 heterocycles. The Hall–Kier alpha value is -3.22. The topological polar surface area (TPSA) is 60.2 Å². The number of aryl methyl sites for hydroxylation is 2. The van der Waals surface area contributed by atoms with E-state index in [4.69, 9.17) is 21.3 Å². The number of rotatable bonds is 9. The van der Waals surface area contributed by atoms with E-state index in [0.29, 0.717) is 24.7 Å². The van der Waals surface area contributed by atoms with Crippen molar-refractivity contribution in [3.63, 3.8) is 0 Å². The largest absolute Gasteiger partial charge is 0.385 e. The lowest BCUT2D eigenvalue weighted by Gasteiger charge is -2.24. The number of carbonyl (C=O) groups is 1. The Balaban J connectivity index is 1.72. The van der Waals surface area contributed by atoms with Crippen LogP contribution >= 0.6 is 11.6 Å². The van der Waals surface area contributed by atoms with E-state index in [-0.39, 0.29) is 12.5 Å². The number of halogens is 1. The summed E-state index contributed by atoms with van der Waals surface area (Å²) in [4.78, 5) is 20.2. The number of nitrogens with zero attached hydrogens (tertiary/aromatic N) is 4. The van der Waals surface area contributed by atoms with Gasteiger partial charge in [0.15, 0.2) is 0 Å². The van der Waals surface area contributed by atoms with Crippen LogP contribution in [0, 0.1) is 13.8 Å². The number of pyridine rings is 1. The van der Waals surface area contributed by atoms with Gasteiger partial charge in [-0.3, -0.25) is 9.48 Å². The summed E-state index contributed by atoms with van der Waals surface area (Å²) >= 11 is 6.31. The quantitative estimate of drug-likeness (QED) is 0.302. The second-order valence-corrected chi connectivity index (χ2v) is 8.96. The molecule has 0 aliphatic carbocycles. The van der Waals surface area contributed by atoms with E-state index in [9.17, 15) is 4.79 Å². The third-order valence-corrected chi connectivity index (χ3v) is 5.95. The van der Waals surface area contributed by atoms with E-state index >= 15 is 0 Å². The number of aromatic nitrogens is 3. The fraction of sp³-hybridized carbons (Fsp3) is 0.296. The lowest BCUT2D eigenvalue weighted by molar-refractivity contribution is -0.132. The van der Waals surface area contributed by atoms with Gasteiger partial charge in [-0.25, -0.2) is 4.98 Å². The van der Waals surface area contributed by atoms with Crippen molar-refractivity contribution in [1.29, 1.82) is 0 Å². The monoisotopic (exact) mass is 476 g/mol. The van der Waals surface area contributed by atoms with Gasteiger partial charge in [0.2, 0.25) is 5.91 Å². The Bertz CT molecular complexity index is 1300. The smallest absolute Gasteiger partial charge is 0.244 e. The van der Waals surface area contributed by atoms with Crippen LogP contribution in [0.15, 0.2) is 60.8 Å². The number of fused-ring (bicyclic) bond motifs is 1. The molecule has 7 heteroatoms. The number of benzene rings is 2. The summed E-state index contributed by atoms with van der Waals surface area (Å²) in [5.74, 6) is 0.000232. The molecule has 0 aliphatic heterocycles. The molecule has 0 atom stereocenters. The highest BCUT2D eigenvalue weighted by Crippen LogP contribution is 2.29. The van der Waals surface area contributed by atoms with Crippen LogP contribution in [-0.2, 0) is 22.6 Å². The van der Waals surface area contributed by atoms with E-state index in [0.717, 1.165) is 45.4 Å². The Labute approximate surface area is 205 Å². The Morgan fingerprint density at radius 2 is 1.97 bits per heavy atom. The number of ether oxygens (including phenoxy) is 1. The van der Waals surface area contributed by atoms with Crippen molar-refractivity contribution >= 4 is 28.4 Å². The van der Waals surface area contributed by atoms with Crippen LogP contribution < -0.4 is 0 Å². The second kappa shape index (κ2) is 10.8. The minimum Gasteiger partial charge on any atom is -0.385 e. The van der Waals surface area contributed by atoms with E-state index in [2.05, 4.69) is 36.3 Å². The summed E-state index contributed by atoms with van der Waals surface area (Å²) in [6.07, 6.45) is 2.57. The summed E-state index contributed by atoms with van der Waals surface area (Å²) in [5.41, 5.74) is 5.69. The van der Waals surface area contributed by atoms with Crippen LogP contribution in [-0.4, -0.2) is 45.8 Å². The van der Waals surface area contributed by atoms with Crippen molar-refractivity contribution in [3.05, 3.63) is 82.6 Å². The first-order valence-electron chi connectivity index (χ1n) is 11.4. The molecule has 0 N–H and O–H groups in total. The number of methoxy groups -OCH3 is 1. The number of carbonyl (C=O) groups excluding carboxylic acids is 1. The van der Waals surface area contributed by atoms with Crippen molar-refractivity contribution in [3.8, 4) is 11.3 Å². The lowest BCUT2D eigenvalue weighted by Crippen LogP contribution is -2.35. The predicted molar refractivity (Wildman–Crippen MR) is 136 cm³/mol. The highest BCUT2D eigenvalue weighted by atomic mass is 35.5. The minimum atomic E-state index is 0.000232. The Morgan fingerprint density at radius 3 is 2.71 bits per heavy atom. The highest BCUT2D eigenvalue weighted by Gasteiger charge is 2.19. The van der Waals surface area contributed by atoms with Gasteiger partial charge < -0.3 is 9.64 Å². The Kier molecular flexibility index (Phi) is 7.60. The fourth-order valence-electron chi connectivity index (χ4n) is 4.01. The molecule has 0 fully saturated rings. The van der Waals surface area contributed by atoms with Gasteiger partial charge in [-0.05, 0) is 61.7 Å². The van der Waals surface area contributed by atoms with Crippen LogP contribution in [0.1, 0.15) is 23.2 Å². The van der Waals surface area contributed by atoms with Gasteiger partial charge in [-0.2, -0.15) is 5.10 Å². The van der Waals surface area contributed by atoms with E-state index in [1.807, 2.05) is 48.4 Å². The normalized spacial score (nSPS) is 11.2. The summed E-state index contributed by atoms with van der Waals surface area (Å²) in [6.45, 7) is 5.75. The molecule has 176 valence electrons. The summed E-state index contributed by atoms with van der Waals surface area (Å²) in [5, 5.41) is 6.07. The third kappa shape index (κ3) is 5.82. The van der Waals surface area contributed by atoms with Crippen LogP contribution in [0.5, 0.6) is 0 Å². The van der Waals surface area contributed by atoms with Crippen molar-refractivity contribution in [2.75, 3.05) is 20.3 Å². The van der Waals surface area contributed by atoms with E-state index in [1.54, 1.807) is 11.8 Å². The van der Waals surface area contributed by atoms with Gasteiger partial charge in [0, 0.05) is 49.0 Å². The van der Waals surface area contributed by atoms with Gasteiger partial charge in [-0.1, -0.05) is 35.9 Å². The van der Waals surface area contributed by atoms with Crippen LogP contribution in [0.4, 0.5) is 0 Å². The lowest BCUT2D eigenvalue weighted by atomic mass is 10.0. The first kappa shape index (κ1) is 23.9. The zero-order chi connectivity index (χ0) is 24.1. The van der Waals surface area contributed by atoms with Crippen LogP contribution in [0.25, 0.3) is 22.2 Å². The van der Waals surface area contributed by atoms with Crippen molar-refractivity contribution in [2.24, 2.45) is 0 Å². The molecule has 0 saturated heterocycles. The third-order valence-electron chi connectivity index (χ3n) is 5.71. The standard InChI is InChI=1S/C27H29ClN4O2/c1-19-8-9-21-15-23(27(29-25(21)14-19)22-6-4-7-24(28)16-22)17-31(11-5-13-34-3)26(33)18-32-12-10-20(2)30-32/h4,6-10,12,14-16H,5,11,13,17-18H2,1-3H3. The summed E-state index contributed by atoms with van der Waals surface area (Å²) < 4.78 is 6.92. The molecular formula is C27H29ClN4O2. The average molecular weight is 477 g/mol. The molecule has 0 spiro atoms. The first-order chi connectivity index (χ1) is 16.4. The van der Waals surface area contributed by atoms with Crippen LogP contribution in [0.2, 0.25) is 5.02 Å². The van der Waals surface area contributed by atoms with Gasteiger partial charge in [0.25, 0.3) is 0 Å². The molecule has 4 rings (SSSR count). The molecule has 34 heavy (non-hydrogen) atoms. The maximum atomic E-state index is 13.3. The Morgan fingerprint density at radius 1 is 1.12 bits per heavy atom. The SMILES string of the molecule is COCCCN(Cc1cc2ccc(C)cc2nc1-c1cccc(Cl)c1)C(=O)Cn1ccc(C)n1. The maximum Gasteiger partial charge on any atom is 0.244 e. The summed E-state index contributed by atoms with van der Waals surface area (Å²) in [6, 6.07) is 18.0. The van der Waals surface area contributed by atoms with Crippen molar-refractivity contribution < 1.29 is 9.53 Å². The maximum absolute atomic E-state index is 13.3. The zero-order valence-corrected chi connectivity index (χ0v) is 20.5. The van der Waals surface area contributed by atoms with Crippen LogP contribution in [0.3, 0.4) is 0 Å². The molecule has 0 unspecified atom stereocenters.